The number of anilines is 1. The van der Waals surface area contributed by atoms with E-state index in [0.717, 1.165) is 0 Å². The fraction of sp³-hybridized carbons (Fsp3) is 0.476. The largest absolute Gasteiger partial charge is 0.470 e. The van der Waals surface area contributed by atoms with Gasteiger partial charge in [0.2, 0.25) is 31.4 Å². The standard InChI is InChI=1S/C21H31BN5O6P/c1-12(2)17(27-16(28)11-34)19(30)26-15(4-3-9-24-21(23)32)18(29)25-14-7-5-13(6-8-14)10-33-20(22)31/h5-8,12,15,17H,3-4,9-11,34H2,1-2H3,(H,25,29)(H,26,30)(H,27,28)(H3,23,24,32)/t15-,17?/m0/s1. The van der Waals surface area contributed by atoms with Crippen LogP contribution in [-0.2, 0) is 25.7 Å². The molecule has 11 nitrogen and oxygen atoms in total. The van der Waals surface area contributed by atoms with E-state index in [1.807, 2.05) is 0 Å². The van der Waals surface area contributed by atoms with E-state index < -0.39 is 35.8 Å². The molecule has 6 N–H and O–H groups in total. The van der Waals surface area contributed by atoms with Gasteiger partial charge in [0, 0.05) is 18.4 Å². The molecule has 0 aliphatic heterocycles. The summed E-state index contributed by atoms with van der Waals surface area (Å²) in [5, 5.41) is 10.5. The number of ether oxygens (including phenoxy) is 1. The van der Waals surface area contributed by atoms with E-state index >= 15 is 0 Å². The molecule has 2 unspecified atom stereocenters. The fourth-order valence-electron chi connectivity index (χ4n) is 2.88. The zero-order valence-corrected chi connectivity index (χ0v) is 20.4. The molecule has 0 fully saturated rings. The van der Waals surface area contributed by atoms with E-state index in [1.54, 1.807) is 38.1 Å². The first-order chi connectivity index (χ1) is 16.0. The predicted molar refractivity (Wildman–Crippen MR) is 131 cm³/mol. The van der Waals surface area contributed by atoms with Crippen LogP contribution in [0.5, 0.6) is 0 Å². The molecule has 13 heteroatoms. The van der Waals surface area contributed by atoms with Crippen molar-refractivity contribution in [1.29, 1.82) is 0 Å². The van der Waals surface area contributed by atoms with Gasteiger partial charge in [-0.3, -0.25) is 19.2 Å². The number of urea groups is 1. The minimum Gasteiger partial charge on any atom is -0.470 e. The van der Waals surface area contributed by atoms with Gasteiger partial charge in [0.1, 0.15) is 18.7 Å². The molecule has 0 saturated carbocycles. The van der Waals surface area contributed by atoms with Crippen LogP contribution in [0.15, 0.2) is 24.3 Å². The number of carbonyl (C=O) groups is 5. The van der Waals surface area contributed by atoms with Gasteiger partial charge in [0.05, 0.1) is 0 Å². The highest BCUT2D eigenvalue weighted by atomic mass is 31.0. The number of hydrogen-bond donors (Lipinski definition) is 5. The quantitative estimate of drug-likeness (QED) is 0.152. The molecule has 5 amide bonds. The fourth-order valence-corrected chi connectivity index (χ4v) is 3.00. The van der Waals surface area contributed by atoms with E-state index in [0.29, 0.717) is 17.7 Å². The Bertz CT molecular complexity index is 868. The van der Waals surface area contributed by atoms with Crippen molar-refractivity contribution in [3.05, 3.63) is 29.8 Å². The molecule has 34 heavy (non-hydrogen) atoms. The summed E-state index contributed by atoms with van der Waals surface area (Å²) in [6, 6.07) is 4.07. The average Bonchev–Trinajstić information content (AvgIpc) is 2.78. The Morgan fingerprint density at radius 1 is 1.06 bits per heavy atom. The van der Waals surface area contributed by atoms with Gasteiger partial charge in [-0.2, -0.15) is 0 Å². The molecule has 1 aromatic carbocycles. The number of nitrogens with one attached hydrogen (secondary N) is 4. The highest BCUT2D eigenvalue weighted by Gasteiger charge is 2.28. The first kappa shape index (κ1) is 28.9. The molecule has 0 aliphatic carbocycles. The van der Waals surface area contributed by atoms with Crippen LogP contribution >= 0.6 is 9.24 Å². The summed E-state index contributed by atoms with van der Waals surface area (Å²) in [6.07, 6.45) is 0.722. The Morgan fingerprint density at radius 2 is 1.71 bits per heavy atom. The maximum atomic E-state index is 12.9. The summed E-state index contributed by atoms with van der Waals surface area (Å²) in [7, 11) is 7.23. The number of hydrogen-bond acceptors (Lipinski definition) is 6. The summed E-state index contributed by atoms with van der Waals surface area (Å²) in [6.45, 7) is 3.78. The summed E-state index contributed by atoms with van der Waals surface area (Å²) >= 11 is 0. The zero-order valence-electron chi connectivity index (χ0n) is 19.3. The lowest BCUT2D eigenvalue weighted by Crippen LogP contribution is -2.54. The Kier molecular flexibility index (Phi) is 12.7. The first-order valence-corrected chi connectivity index (χ1v) is 11.5. The number of benzene rings is 1. The molecule has 0 spiro atoms. The van der Waals surface area contributed by atoms with Crippen molar-refractivity contribution in [1.82, 2.24) is 16.0 Å². The Hall–Kier alpha value is -3.14. The van der Waals surface area contributed by atoms with Crippen molar-refractivity contribution in [2.24, 2.45) is 11.7 Å². The monoisotopic (exact) mass is 491 g/mol. The van der Waals surface area contributed by atoms with E-state index in [-0.39, 0.29) is 37.6 Å². The minimum absolute atomic E-state index is 0.00627. The van der Waals surface area contributed by atoms with Gasteiger partial charge >= 0.3 is 6.03 Å². The van der Waals surface area contributed by atoms with E-state index in [1.165, 1.54) is 0 Å². The molecule has 1 rings (SSSR count). The maximum absolute atomic E-state index is 12.9. The topological polar surface area (TPSA) is 169 Å². The SMILES string of the molecule is [B]C(=O)OCc1ccc(NC(=O)[C@H](CCCNC(N)=O)NC(=O)C(NC(=O)CP)C(C)C)cc1. The van der Waals surface area contributed by atoms with Crippen molar-refractivity contribution in [2.75, 3.05) is 18.0 Å². The lowest BCUT2D eigenvalue weighted by molar-refractivity contribution is -0.131. The molecule has 0 aromatic heterocycles. The van der Waals surface area contributed by atoms with Crippen LogP contribution in [-0.4, -0.2) is 62.3 Å². The van der Waals surface area contributed by atoms with Crippen molar-refractivity contribution >= 4 is 52.4 Å². The van der Waals surface area contributed by atoms with Gasteiger partial charge in [-0.15, -0.1) is 9.24 Å². The molecule has 0 heterocycles. The van der Waals surface area contributed by atoms with Crippen LogP contribution in [0, 0.1) is 5.92 Å². The van der Waals surface area contributed by atoms with Gasteiger partial charge in [-0.1, -0.05) is 26.0 Å². The van der Waals surface area contributed by atoms with E-state index in [4.69, 9.17) is 18.3 Å². The van der Waals surface area contributed by atoms with Crippen LogP contribution < -0.4 is 27.0 Å². The third kappa shape index (κ3) is 11.1. The molecule has 2 radical (unpaired) electrons. The second-order valence-electron chi connectivity index (χ2n) is 7.78. The summed E-state index contributed by atoms with van der Waals surface area (Å²) in [5.41, 5.74) is 6.19. The number of amides is 5. The number of rotatable bonds is 13. The highest BCUT2D eigenvalue weighted by Crippen LogP contribution is 2.12. The third-order valence-corrected chi connectivity index (χ3v) is 5.03. The van der Waals surface area contributed by atoms with Gasteiger partial charge in [0.15, 0.2) is 0 Å². The predicted octanol–water partition coefficient (Wildman–Crippen LogP) is 0.379. The van der Waals surface area contributed by atoms with Gasteiger partial charge in [0.25, 0.3) is 0 Å². The van der Waals surface area contributed by atoms with Crippen LogP contribution in [0.4, 0.5) is 15.3 Å². The number of carbonyl (C=O) groups excluding carboxylic acids is 5. The number of primary amides is 1. The lowest BCUT2D eigenvalue weighted by Gasteiger charge is -2.25. The lowest BCUT2D eigenvalue weighted by atomic mass is 10.0. The number of nitrogens with two attached hydrogens (primary N) is 1. The second kappa shape index (κ2) is 14.9. The molecule has 0 bridgehead atoms. The van der Waals surface area contributed by atoms with Gasteiger partial charge < -0.3 is 31.7 Å². The van der Waals surface area contributed by atoms with Crippen molar-refractivity contribution in [3.63, 3.8) is 0 Å². The summed E-state index contributed by atoms with van der Waals surface area (Å²) in [5.74, 6) is -2.39. The molecular formula is C21H31BN5O6P. The highest BCUT2D eigenvalue weighted by molar-refractivity contribution is 7.18. The molecule has 0 aliphatic rings. The molecule has 0 saturated heterocycles. The van der Waals surface area contributed by atoms with Crippen molar-refractivity contribution < 1.29 is 28.7 Å². The van der Waals surface area contributed by atoms with Crippen LogP contribution in [0.2, 0.25) is 0 Å². The smallest absolute Gasteiger partial charge is 0.312 e. The summed E-state index contributed by atoms with van der Waals surface area (Å²) < 4.78 is 4.71. The molecular weight excluding hydrogens is 460 g/mol. The second-order valence-corrected chi connectivity index (χ2v) is 8.19. The van der Waals surface area contributed by atoms with E-state index in [9.17, 15) is 24.0 Å². The maximum Gasteiger partial charge on any atom is 0.312 e. The normalized spacial score (nSPS) is 12.2. The Balaban J connectivity index is 2.89. The van der Waals surface area contributed by atoms with Crippen LogP contribution in [0.1, 0.15) is 32.3 Å². The molecule has 184 valence electrons. The summed E-state index contributed by atoms with van der Waals surface area (Å²) in [4.78, 5) is 59.2. The molecule has 1 aromatic rings. The average molecular weight is 491 g/mol. The minimum atomic E-state index is -0.936. The van der Waals surface area contributed by atoms with Crippen molar-refractivity contribution in [3.8, 4) is 0 Å². The van der Waals surface area contributed by atoms with Crippen LogP contribution in [0.25, 0.3) is 0 Å². The van der Waals surface area contributed by atoms with Gasteiger partial charge in [-0.25, -0.2) is 4.79 Å². The Labute approximate surface area is 202 Å². The Morgan fingerprint density at radius 3 is 2.24 bits per heavy atom. The third-order valence-electron chi connectivity index (χ3n) is 4.66. The zero-order chi connectivity index (χ0) is 25.7. The van der Waals surface area contributed by atoms with Crippen molar-refractivity contribution in [2.45, 2.75) is 45.4 Å². The van der Waals surface area contributed by atoms with E-state index in [2.05, 4.69) is 30.5 Å². The first-order valence-electron chi connectivity index (χ1n) is 10.7. The van der Waals surface area contributed by atoms with Crippen LogP contribution in [0.3, 0.4) is 0 Å². The van der Waals surface area contributed by atoms with Gasteiger partial charge in [-0.05, 0) is 36.5 Å². The molecule has 3 atom stereocenters.